The van der Waals surface area contributed by atoms with Crippen molar-refractivity contribution in [2.24, 2.45) is 0 Å². The minimum atomic E-state index is -0.399. The Bertz CT molecular complexity index is 261. The Morgan fingerprint density at radius 1 is 1.29 bits per heavy atom. The number of carbonyl (C=O) groups excluding carboxylic acids is 2. The minimum Gasteiger partial charge on any atom is -0.466 e. The summed E-state index contributed by atoms with van der Waals surface area (Å²) in [4.78, 5) is 25.1. The van der Waals surface area contributed by atoms with Crippen molar-refractivity contribution in [3.05, 3.63) is 0 Å². The first-order valence-corrected chi connectivity index (χ1v) is 6.58. The monoisotopic (exact) mass is 241 g/mol. The van der Waals surface area contributed by atoms with Crippen LogP contribution in [0.4, 0.5) is 0 Å². The van der Waals surface area contributed by atoms with E-state index in [9.17, 15) is 9.59 Å². The maximum absolute atomic E-state index is 11.7. The van der Waals surface area contributed by atoms with Crippen LogP contribution >= 0.6 is 0 Å². The van der Waals surface area contributed by atoms with Crippen LogP contribution in [-0.4, -0.2) is 42.4 Å². The van der Waals surface area contributed by atoms with Gasteiger partial charge >= 0.3 is 5.97 Å². The number of unbranched alkanes of at least 4 members (excludes halogenated alkanes) is 1. The molecule has 1 fully saturated rings. The predicted molar refractivity (Wildman–Crippen MR) is 65.8 cm³/mol. The van der Waals surface area contributed by atoms with Gasteiger partial charge in [0.2, 0.25) is 0 Å². The lowest BCUT2D eigenvalue weighted by atomic mass is 10.2. The van der Waals surface area contributed by atoms with Gasteiger partial charge in [-0.05, 0) is 32.7 Å². The van der Waals surface area contributed by atoms with Gasteiger partial charge in [-0.3, -0.25) is 14.5 Å². The first-order valence-electron chi connectivity index (χ1n) is 6.58. The Labute approximate surface area is 103 Å². The number of ketones is 1. The van der Waals surface area contributed by atoms with Crippen LogP contribution in [-0.2, 0) is 14.3 Å². The van der Waals surface area contributed by atoms with E-state index in [1.54, 1.807) is 6.92 Å². The van der Waals surface area contributed by atoms with Crippen molar-refractivity contribution >= 4 is 11.8 Å². The van der Waals surface area contributed by atoms with Crippen molar-refractivity contribution in [1.29, 1.82) is 0 Å². The van der Waals surface area contributed by atoms with Crippen LogP contribution in [0.25, 0.3) is 0 Å². The molecule has 98 valence electrons. The highest BCUT2D eigenvalue weighted by molar-refractivity contribution is 5.96. The zero-order valence-electron chi connectivity index (χ0n) is 10.9. The number of hydrogen-bond donors (Lipinski definition) is 0. The van der Waals surface area contributed by atoms with Gasteiger partial charge in [-0.25, -0.2) is 0 Å². The van der Waals surface area contributed by atoms with Gasteiger partial charge in [0.1, 0.15) is 6.42 Å². The van der Waals surface area contributed by atoms with Gasteiger partial charge in [-0.15, -0.1) is 0 Å². The van der Waals surface area contributed by atoms with Crippen molar-refractivity contribution in [2.45, 2.75) is 52.0 Å². The van der Waals surface area contributed by atoms with Crippen molar-refractivity contribution < 1.29 is 14.3 Å². The van der Waals surface area contributed by atoms with Gasteiger partial charge in [0.15, 0.2) is 5.78 Å². The van der Waals surface area contributed by atoms with Crippen molar-refractivity contribution in [3.63, 3.8) is 0 Å². The summed E-state index contributed by atoms with van der Waals surface area (Å²) >= 11 is 0. The van der Waals surface area contributed by atoms with E-state index < -0.39 is 5.97 Å². The molecule has 0 aromatic heterocycles. The fraction of sp³-hybridized carbons (Fsp3) is 0.846. The highest BCUT2D eigenvalue weighted by Crippen LogP contribution is 2.26. The highest BCUT2D eigenvalue weighted by Gasteiger charge is 2.30. The van der Waals surface area contributed by atoms with Gasteiger partial charge in [-0.2, -0.15) is 0 Å². The summed E-state index contributed by atoms with van der Waals surface area (Å²) in [7, 11) is 0. The second-order valence-electron chi connectivity index (χ2n) is 4.58. The molecule has 0 unspecified atom stereocenters. The lowest BCUT2D eigenvalue weighted by molar-refractivity contribution is -0.145. The Balaban J connectivity index is 2.28. The van der Waals surface area contributed by atoms with Crippen LogP contribution in [0, 0.1) is 0 Å². The fourth-order valence-corrected chi connectivity index (χ4v) is 1.85. The first-order chi connectivity index (χ1) is 8.17. The van der Waals surface area contributed by atoms with Crippen LogP contribution in [0.1, 0.15) is 46.0 Å². The molecule has 4 nitrogen and oxygen atoms in total. The molecular weight excluding hydrogens is 218 g/mol. The van der Waals surface area contributed by atoms with Crippen LogP contribution in [0.15, 0.2) is 0 Å². The average Bonchev–Trinajstić information content (AvgIpc) is 3.08. The third-order valence-corrected chi connectivity index (χ3v) is 2.89. The Morgan fingerprint density at radius 3 is 2.53 bits per heavy atom. The van der Waals surface area contributed by atoms with Gasteiger partial charge in [0, 0.05) is 6.04 Å². The average molecular weight is 241 g/mol. The molecule has 0 aromatic carbocycles. The summed E-state index contributed by atoms with van der Waals surface area (Å²) in [6.45, 7) is 5.61. The highest BCUT2D eigenvalue weighted by atomic mass is 16.5. The predicted octanol–water partition coefficient (Wildman–Crippen LogP) is 1.77. The Morgan fingerprint density at radius 2 is 2.00 bits per heavy atom. The summed E-state index contributed by atoms with van der Waals surface area (Å²) in [5.41, 5.74) is 0. The SMILES string of the molecule is CCCCN(CC(=O)CC(=O)OCC)C1CC1. The van der Waals surface area contributed by atoms with Gasteiger partial charge in [0.25, 0.3) is 0 Å². The minimum absolute atomic E-state index is 0.0218. The largest absolute Gasteiger partial charge is 0.466 e. The number of rotatable bonds is 9. The number of nitrogens with zero attached hydrogens (tertiary/aromatic N) is 1. The summed E-state index contributed by atoms with van der Waals surface area (Å²) in [5, 5.41) is 0. The molecule has 17 heavy (non-hydrogen) atoms. The van der Waals surface area contributed by atoms with Crippen molar-refractivity contribution in [3.8, 4) is 0 Å². The maximum atomic E-state index is 11.7. The van der Waals surface area contributed by atoms with Gasteiger partial charge in [0.05, 0.1) is 13.2 Å². The normalized spacial score (nSPS) is 15.0. The summed E-state index contributed by atoms with van der Waals surface area (Å²) in [5.74, 6) is -0.421. The second-order valence-corrected chi connectivity index (χ2v) is 4.58. The van der Waals surface area contributed by atoms with E-state index in [1.165, 1.54) is 12.8 Å². The zero-order chi connectivity index (χ0) is 12.7. The molecule has 1 rings (SSSR count). The molecule has 0 radical (unpaired) electrons. The number of hydrogen-bond acceptors (Lipinski definition) is 4. The molecule has 0 amide bonds. The van der Waals surface area contributed by atoms with E-state index >= 15 is 0 Å². The molecular formula is C13H23NO3. The molecule has 0 heterocycles. The van der Waals surface area contributed by atoms with Crippen LogP contribution in [0.3, 0.4) is 0 Å². The number of carbonyl (C=O) groups is 2. The molecule has 0 spiro atoms. The quantitative estimate of drug-likeness (QED) is 0.456. The van der Waals surface area contributed by atoms with E-state index in [2.05, 4.69) is 11.8 Å². The molecule has 4 heteroatoms. The zero-order valence-corrected chi connectivity index (χ0v) is 10.9. The molecule has 0 saturated heterocycles. The Kier molecular flexibility index (Phi) is 6.19. The maximum Gasteiger partial charge on any atom is 0.313 e. The first kappa shape index (κ1) is 14.2. The molecule has 0 atom stereocenters. The lowest BCUT2D eigenvalue weighted by Gasteiger charge is -2.20. The summed E-state index contributed by atoms with van der Waals surface area (Å²) < 4.78 is 4.77. The number of ether oxygens (including phenoxy) is 1. The molecule has 0 bridgehead atoms. The molecule has 1 saturated carbocycles. The molecule has 0 N–H and O–H groups in total. The second kappa shape index (κ2) is 7.43. The number of Topliss-reactive ketones (excluding diaryl/α,β-unsaturated/α-hetero) is 1. The van der Waals surface area contributed by atoms with Crippen LogP contribution < -0.4 is 0 Å². The van der Waals surface area contributed by atoms with E-state index in [0.717, 1.165) is 19.4 Å². The molecule has 0 aromatic rings. The van der Waals surface area contributed by atoms with Crippen molar-refractivity contribution in [1.82, 2.24) is 4.90 Å². The van der Waals surface area contributed by atoms with Gasteiger partial charge < -0.3 is 4.74 Å². The molecule has 0 aliphatic heterocycles. The number of esters is 1. The topological polar surface area (TPSA) is 46.6 Å². The van der Waals surface area contributed by atoms with Crippen LogP contribution in [0.2, 0.25) is 0 Å². The third kappa shape index (κ3) is 5.82. The summed E-state index contributed by atoms with van der Waals surface area (Å²) in [6.07, 6.45) is 4.55. The van der Waals surface area contributed by atoms with Gasteiger partial charge in [-0.1, -0.05) is 13.3 Å². The van der Waals surface area contributed by atoms with E-state index in [-0.39, 0.29) is 12.2 Å². The third-order valence-electron chi connectivity index (χ3n) is 2.89. The van der Waals surface area contributed by atoms with Crippen LogP contribution in [0.5, 0.6) is 0 Å². The van der Waals surface area contributed by atoms with E-state index in [0.29, 0.717) is 19.2 Å². The fourth-order valence-electron chi connectivity index (χ4n) is 1.85. The standard InChI is InChI=1S/C13H23NO3/c1-3-5-8-14(11-6-7-11)10-12(15)9-13(16)17-4-2/h11H,3-10H2,1-2H3. The smallest absolute Gasteiger partial charge is 0.313 e. The lowest BCUT2D eigenvalue weighted by Crippen LogP contribution is -2.33. The molecule has 1 aliphatic rings. The van der Waals surface area contributed by atoms with Crippen molar-refractivity contribution in [2.75, 3.05) is 19.7 Å². The van der Waals surface area contributed by atoms with E-state index in [1.807, 2.05) is 0 Å². The van der Waals surface area contributed by atoms with E-state index in [4.69, 9.17) is 4.74 Å². The summed E-state index contributed by atoms with van der Waals surface area (Å²) in [6, 6.07) is 0.577. The Hall–Kier alpha value is -0.900. The molecule has 1 aliphatic carbocycles.